The van der Waals surface area contributed by atoms with E-state index in [-0.39, 0.29) is 0 Å². The van der Waals surface area contributed by atoms with Crippen LogP contribution in [-0.2, 0) is 0 Å². The molecule has 0 spiro atoms. The van der Waals surface area contributed by atoms with Gasteiger partial charge in [-0.15, -0.1) is 0 Å². The summed E-state index contributed by atoms with van der Waals surface area (Å²) in [5, 5.41) is 3.44. The van der Waals surface area contributed by atoms with E-state index in [4.69, 9.17) is 0 Å². The maximum atomic E-state index is 3.44. The molecule has 0 unspecified atom stereocenters. The number of hydrogen-bond acceptors (Lipinski definition) is 3. The molecule has 13 heavy (non-hydrogen) atoms. The maximum Gasteiger partial charge on any atom is 0.0158 e. The largest absolute Gasteiger partial charge is 0.315 e. The predicted molar refractivity (Wildman–Crippen MR) is 61.5 cm³/mol. The Labute approximate surface area is 86.5 Å². The van der Waals surface area contributed by atoms with Crippen LogP contribution in [0.5, 0.6) is 0 Å². The van der Waals surface area contributed by atoms with E-state index in [0.717, 1.165) is 6.04 Å². The van der Waals surface area contributed by atoms with Gasteiger partial charge in [0, 0.05) is 24.9 Å². The van der Waals surface area contributed by atoms with Crippen LogP contribution in [0, 0.1) is 0 Å². The smallest absolute Gasteiger partial charge is 0.0158 e. The van der Waals surface area contributed by atoms with Gasteiger partial charge < -0.3 is 5.32 Å². The molecule has 0 aromatic carbocycles. The molecule has 2 nitrogen and oxygen atoms in total. The molecule has 0 aromatic heterocycles. The Morgan fingerprint density at radius 1 is 1.38 bits per heavy atom. The van der Waals surface area contributed by atoms with E-state index in [1.54, 1.807) is 0 Å². The molecule has 1 rings (SSSR count). The van der Waals surface area contributed by atoms with Crippen LogP contribution in [0.1, 0.15) is 20.3 Å². The predicted octanol–water partition coefficient (Wildman–Crippen LogP) is 1.42. The van der Waals surface area contributed by atoms with Crippen molar-refractivity contribution in [3.8, 4) is 0 Å². The molecule has 0 saturated carbocycles. The summed E-state index contributed by atoms with van der Waals surface area (Å²) in [6, 6.07) is 0.754. The van der Waals surface area contributed by atoms with Gasteiger partial charge >= 0.3 is 0 Å². The van der Waals surface area contributed by atoms with Crippen LogP contribution in [0.15, 0.2) is 0 Å². The van der Waals surface area contributed by atoms with E-state index in [9.17, 15) is 0 Å². The lowest BCUT2D eigenvalue weighted by Gasteiger charge is -2.26. The first-order valence-corrected chi connectivity index (χ1v) is 6.52. The molecule has 0 aromatic rings. The minimum Gasteiger partial charge on any atom is -0.315 e. The van der Waals surface area contributed by atoms with Crippen molar-refractivity contribution in [2.75, 3.05) is 37.7 Å². The van der Waals surface area contributed by atoms with Crippen molar-refractivity contribution < 1.29 is 0 Å². The van der Waals surface area contributed by atoms with Gasteiger partial charge in [-0.1, -0.05) is 6.92 Å². The normalized spacial score (nSPS) is 22.6. The fraction of sp³-hybridized carbons (Fsp3) is 1.00. The Bertz CT molecular complexity index is 122. The van der Waals surface area contributed by atoms with Gasteiger partial charge in [-0.25, -0.2) is 0 Å². The second kappa shape index (κ2) is 6.68. The third-order valence-electron chi connectivity index (χ3n) is 2.56. The Morgan fingerprint density at radius 2 is 2.23 bits per heavy atom. The zero-order valence-corrected chi connectivity index (χ0v) is 9.70. The average Bonchev–Trinajstić information content (AvgIpc) is 2.42. The number of nitrogens with zero attached hydrogens (tertiary/aromatic N) is 1. The molecule has 1 atom stereocenters. The minimum absolute atomic E-state index is 0.754. The van der Waals surface area contributed by atoms with Crippen LogP contribution < -0.4 is 5.32 Å². The fourth-order valence-electron chi connectivity index (χ4n) is 1.70. The van der Waals surface area contributed by atoms with Crippen molar-refractivity contribution in [3.05, 3.63) is 0 Å². The van der Waals surface area contributed by atoms with Crippen molar-refractivity contribution in [2.24, 2.45) is 0 Å². The molecule has 3 heteroatoms. The lowest BCUT2D eigenvalue weighted by Crippen LogP contribution is -2.37. The second-order valence-electron chi connectivity index (χ2n) is 3.65. The molecule has 1 saturated heterocycles. The molecule has 1 aliphatic heterocycles. The minimum atomic E-state index is 0.754. The highest BCUT2D eigenvalue weighted by Crippen LogP contribution is 2.09. The first-order valence-electron chi connectivity index (χ1n) is 5.37. The third kappa shape index (κ3) is 4.34. The lowest BCUT2D eigenvalue weighted by molar-refractivity contribution is 0.241. The SMILES string of the molecule is CCSC[C@@H](C)N1CCCNCC1. The molecule has 0 aliphatic carbocycles. The van der Waals surface area contributed by atoms with E-state index < -0.39 is 0 Å². The van der Waals surface area contributed by atoms with Gasteiger partial charge in [-0.2, -0.15) is 11.8 Å². The standard InChI is InChI=1S/C10H22N2S/c1-3-13-9-10(2)12-7-4-5-11-6-8-12/h10-11H,3-9H2,1-2H3/t10-/m1/s1. The summed E-state index contributed by atoms with van der Waals surface area (Å²) < 4.78 is 0. The molecule has 1 fully saturated rings. The van der Waals surface area contributed by atoms with E-state index in [1.165, 1.54) is 44.1 Å². The highest BCUT2D eigenvalue weighted by Gasteiger charge is 2.14. The van der Waals surface area contributed by atoms with Crippen LogP contribution in [0.2, 0.25) is 0 Å². The fourth-order valence-corrected chi connectivity index (χ4v) is 2.49. The zero-order valence-electron chi connectivity index (χ0n) is 8.88. The average molecular weight is 202 g/mol. The molecule has 1 aliphatic rings. The summed E-state index contributed by atoms with van der Waals surface area (Å²) in [5.41, 5.74) is 0. The van der Waals surface area contributed by atoms with E-state index >= 15 is 0 Å². The first kappa shape index (κ1) is 11.3. The summed E-state index contributed by atoms with van der Waals surface area (Å²) in [4.78, 5) is 2.61. The summed E-state index contributed by atoms with van der Waals surface area (Å²) in [5.74, 6) is 2.53. The molecular formula is C10H22N2S. The quantitative estimate of drug-likeness (QED) is 0.742. The molecule has 78 valence electrons. The van der Waals surface area contributed by atoms with E-state index in [2.05, 4.69) is 35.8 Å². The summed E-state index contributed by atoms with van der Waals surface area (Å²) in [6.45, 7) is 9.46. The number of nitrogens with one attached hydrogen (secondary N) is 1. The van der Waals surface area contributed by atoms with Crippen LogP contribution in [-0.4, -0.2) is 48.6 Å². The lowest BCUT2D eigenvalue weighted by atomic mass is 10.3. The topological polar surface area (TPSA) is 15.3 Å². The zero-order chi connectivity index (χ0) is 9.52. The summed E-state index contributed by atoms with van der Waals surface area (Å²) in [6.07, 6.45) is 1.31. The van der Waals surface area contributed by atoms with E-state index in [0.29, 0.717) is 0 Å². The van der Waals surface area contributed by atoms with Crippen molar-refractivity contribution in [1.82, 2.24) is 10.2 Å². The molecule has 1 N–H and O–H groups in total. The van der Waals surface area contributed by atoms with Gasteiger partial charge in [0.05, 0.1) is 0 Å². The Balaban J connectivity index is 2.22. The second-order valence-corrected chi connectivity index (χ2v) is 4.97. The van der Waals surface area contributed by atoms with Gasteiger partial charge in [0.25, 0.3) is 0 Å². The molecule has 0 bridgehead atoms. The van der Waals surface area contributed by atoms with Crippen LogP contribution in [0.25, 0.3) is 0 Å². The molecule has 0 amide bonds. The van der Waals surface area contributed by atoms with E-state index in [1.807, 2.05) is 0 Å². The Hall–Kier alpha value is 0.270. The highest BCUT2D eigenvalue weighted by atomic mass is 32.2. The Kier molecular flexibility index (Phi) is 5.83. The van der Waals surface area contributed by atoms with Gasteiger partial charge in [0.15, 0.2) is 0 Å². The van der Waals surface area contributed by atoms with Crippen molar-refractivity contribution in [1.29, 1.82) is 0 Å². The number of thioether (sulfide) groups is 1. The molecule has 1 heterocycles. The first-order chi connectivity index (χ1) is 6.34. The monoisotopic (exact) mass is 202 g/mol. The van der Waals surface area contributed by atoms with Gasteiger partial charge in [-0.3, -0.25) is 4.90 Å². The van der Waals surface area contributed by atoms with Crippen molar-refractivity contribution in [3.63, 3.8) is 0 Å². The molecule has 0 radical (unpaired) electrons. The van der Waals surface area contributed by atoms with Crippen molar-refractivity contribution >= 4 is 11.8 Å². The molecular weight excluding hydrogens is 180 g/mol. The van der Waals surface area contributed by atoms with Crippen LogP contribution in [0.4, 0.5) is 0 Å². The van der Waals surface area contributed by atoms with Gasteiger partial charge in [0.1, 0.15) is 0 Å². The Morgan fingerprint density at radius 3 is 3.00 bits per heavy atom. The van der Waals surface area contributed by atoms with Gasteiger partial charge in [0.2, 0.25) is 0 Å². The summed E-state index contributed by atoms with van der Waals surface area (Å²) >= 11 is 2.05. The van der Waals surface area contributed by atoms with Crippen molar-refractivity contribution in [2.45, 2.75) is 26.3 Å². The number of hydrogen-bond donors (Lipinski definition) is 1. The maximum absolute atomic E-state index is 3.44. The third-order valence-corrected chi connectivity index (χ3v) is 3.69. The number of rotatable bonds is 4. The summed E-state index contributed by atoms with van der Waals surface area (Å²) in [7, 11) is 0. The van der Waals surface area contributed by atoms with Gasteiger partial charge in [-0.05, 0) is 32.2 Å². The van der Waals surface area contributed by atoms with Crippen LogP contribution in [0.3, 0.4) is 0 Å². The highest BCUT2D eigenvalue weighted by molar-refractivity contribution is 7.99. The van der Waals surface area contributed by atoms with Crippen LogP contribution >= 0.6 is 11.8 Å².